The molecule has 0 aromatic heterocycles. The molecule has 2 aliphatic rings. The van der Waals surface area contributed by atoms with Crippen molar-refractivity contribution in [1.29, 1.82) is 0 Å². The van der Waals surface area contributed by atoms with Crippen LogP contribution in [-0.2, 0) is 4.79 Å². The van der Waals surface area contributed by atoms with E-state index >= 15 is 0 Å². The van der Waals surface area contributed by atoms with E-state index in [4.69, 9.17) is 11.5 Å². The second-order valence-electron chi connectivity index (χ2n) is 4.80. The van der Waals surface area contributed by atoms with Crippen molar-refractivity contribution in [3.8, 4) is 0 Å². The maximum atomic E-state index is 12.5. The number of amides is 3. The predicted molar refractivity (Wildman–Crippen MR) is 88.6 cm³/mol. The lowest BCUT2D eigenvalue weighted by molar-refractivity contribution is -0.141. The van der Waals surface area contributed by atoms with Gasteiger partial charge in [0.2, 0.25) is 0 Å². The van der Waals surface area contributed by atoms with E-state index in [1.165, 1.54) is 0 Å². The summed E-state index contributed by atoms with van der Waals surface area (Å²) < 4.78 is 0. The molecule has 0 fully saturated rings. The van der Waals surface area contributed by atoms with E-state index in [1.54, 1.807) is 6.26 Å². The van der Waals surface area contributed by atoms with Gasteiger partial charge in [-0.15, -0.1) is 0 Å². The van der Waals surface area contributed by atoms with Crippen LogP contribution in [0.2, 0.25) is 0 Å². The topological polar surface area (TPSA) is 159 Å². The number of carbonyl (C=O) groups is 2. The molecule has 0 saturated carbocycles. The molecule has 0 aliphatic carbocycles. The van der Waals surface area contributed by atoms with E-state index in [0.29, 0.717) is 17.7 Å². The first-order valence-corrected chi connectivity index (χ1v) is 8.02. The average molecular weight is 339 g/mol. The van der Waals surface area contributed by atoms with E-state index in [-0.39, 0.29) is 16.7 Å². The molecule has 1 unspecified atom stereocenters. The van der Waals surface area contributed by atoms with Gasteiger partial charge in [0.15, 0.2) is 16.7 Å². The number of aliphatic imine (C=N–C) groups is 4. The standard InChI is InChI=1S/C12H17N7O3S/c1-3-4-6(13)9(20)19(10(14)21)12(22)7-8(16-5-15-7)17-11(18-12)23-2/h5-6,22H,3-4,13H2,1-2H3,(H2,14,21)/t6-,12?/m0/s1. The number of nitrogens with two attached hydrogens (primary N) is 2. The van der Waals surface area contributed by atoms with Gasteiger partial charge in [0.1, 0.15) is 6.34 Å². The fourth-order valence-corrected chi connectivity index (χ4v) is 2.54. The van der Waals surface area contributed by atoms with Crippen LogP contribution in [0.15, 0.2) is 20.0 Å². The van der Waals surface area contributed by atoms with Gasteiger partial charge in [0.05, 0.1) is 6.04 Å². The molecule has 124 valence electrons. The summed E-state index contributed by atoms with van der Waals surface area (Å²) in [5.41, 5.74) is 10.9. The van der Waals surface area contributed by atoms with Gasteiger partial charge >= 0.3 is 6.03 Å². The lowest BCUT2D eigenvalue weighted by atomic mass is 10.1. The summed E-state index contributed by atoms with van der Waals surface area (Å²) in [6, 6.07) is -2.20. The van der Waals surface area contributed by atoms with E-state index in [2.05, 4.69) is 20.0 Å². The molecule has 2 atom stereocenters. The molecule has 11 heteroatoms. The number of fused-ring (bicyclic) bond motifs is 1. The highest BCUT2D eigenvalue weighted by Crippen LogP contribution is 2.27. The number of rotatable bonds is 4. The number of hydrogen-bond acceptors (Lipinski definition) is 9. The third-order valence-corrected chi connectivity index (χ3v) is 3.75. The molecule has 3 amide bonds. The predicted octanol–water partition coefficient (Wildman–Crippen LogP) is -0.719. The minimum Gasteiger partial charge on any atom is -0.351 e. The Balaban J connectivity index is 2.49. The van der Waals surface area contributed by atoms with Crippen molar-refractivity contribution >= 4 is 46.8 Å². The minimum atomic E-state index is -2.42. The molecular formula is C12H17N7O3S. The van der Waals surface area contributed by atoms with Crippen LogP contribution in [0, 0.1) is 0 Å². The van der Waals surface area contributed by atoms with Gasteiger partial charge in [-0.1, -0.05) is 25.1 Å². The molecule has 23 heavy (non-hydrogen) atoms. The largest absolute Gasteiger partial charge is 0.351 e. The Labute approximate surface area is 136 Å². The molecule has 10 nitrogen and oxygen atoms in total. The van der Waals surface area contributed by atoms with Crippen LogP contribution in [0.4, 0.5) is 4.79 Å². The fourth-order valence-electron chi connectivity index (χ4n) is 2.14. The zero-order valence-electron chi connectivity index (χ0n) is 12.6. The summed E-state index contributed by atoms with van der Waals surface area (Å²) in [5, 5.41) is 11.0. The fraction of sp³-hybridized carbons (Fsp3) is 0.500. The van der Waals surface area contributed by atoms with E-state index in [9.17, 15) is 14.7 Å². The van der Waals surface area contributed by atoms with Crippen LogP contribution < -0.4 is 11.5 Å². The van der Waals surface area contributed by atoms with E-state index in [1.807, 2.05) is 6.92 Å². The van der Waals surface area contributed by atoms with Gasteiger partial charge in [-0.3, -0.25) is 4.79 Å². The van der Waals surface area contributed by atoms with Crippen molar-refractivity contribution < 1.29 is 14.7 Å². The monoisotopic (exact) mass is 339 g/mol. The lowest BCUT2D eigenvalue weighted by Crippen LogP contribution is -2.65. The Morgan fingerprint density at radius 3 is 2.78 bits per heavy atom. The van der Waals surface area contributed by atoms with Crippen molar-refractivity contribution in [2.24, 2.45) is 31.4 Å². The Kier molecular flexibility index (Phi) is 4.92. The number of thioether (sulfide) groups is 1. The summed E-state index contributed by atoms with van der Waals surface area (Å²) >= 11 is 1.11. The third kappa shape index (κ3) is 3.02. The maximum absolute atomic E-state index is 12.5. The van der Waals surface area contributed by atoms with Gasteiger partial charge in [-0.2, -0.15) is 4.99 Å². The Bertz CT molecular complexity index is 657. The highest BCUT2D eigenvalue weighted by molar-refractivity contribution is 8.13. The first-order valence-electron chi connectivity index (χ1n) is 6.80. The third-order valence-electron chi connectivity index (χ3n) is 3.20. The summed E-state index contributed by atoms with van der Waals surface area (Å²) in [6.45, 7) is 1.83. The van der Waals surface area contributed by atoms with Crippen molar-refractivity contribution in [3.05, 3.63) is 0 Å². The highest BCUT2D eigenvalue weighted by atomic mass is 32.2. The summed E-state index contributed by atoms with van der Waals surface area (Å²) in [6.07, 6.45) is 3.76. The SMILES string of the molecule is CCC[C@H](N)C(=O)N(C(N)=O)C1(O)N=C(SC)N=C2N=CN=C21. The summed E-state index contributed by atoms with van der Waals surface area (Å²) in [7, 11) is 0. The Morgan fingerprint density at radius 2 is 2.22 bits per heavy atom. The van der Waals surface area contributed by atoms with Gasteiger partial charge < -0.3 is 16.6 Å². The van der Waals surface area contributed by atoms with Crippen LogP contribution in [0.3, 0.4) is 0 Å². The van der Waals surface area contributed by atoms with Crippen molar-refractivity contribution in [2.45, 2.75) is 31.7 Å². The summed E-state index contributed by atoms with van der Waals surface area (Å²) in [5.74, 6) is -3.20. The molecular weight excluding hydrogens is 322 g/mol. The number of primary amides is 1. The van der Waals surface area contributed by atoms with Crippen LogP contribution in [0.5, 0.6) is 0 Å². The van der Waals surface area contributed by atoms with E-state index in [0.717, 1.165) is 18.1 Å². The van der Waals surface area contributed by atoms with Gasteiger partial charge in [-0.05, 0) is 12.7 Å². The molecule has 0 aromatic carbocycles. The van der Waals surface area contributed by atoms with Crippen molar-refractivity contribution in [1.82, 2.24) is 4.90 Å². The molecule has 2 heterocycles. The lowest BCUT2D eigenvalue weighted by Gasteiger charge is -2.36. The maximum Gasteiger partial charge on any atom is 0.325 e. The highest BCUT2D eigenvalue weighted by Gasteiger charge is 2.51. The Morgan fingerprint density at radius 1 is 1.52 bits per heavy atom. The number of imide groups is 1. The average Bonchev–Trinajstić information content (AvgIpc) is 2.96. The number of nitrogens with zero attached hydrogens (tertiary/aromatic N) is 5. The van der Waals surface area contributed by atoms with Crippen LogP contribution in [-0.4, -0.2) is 63.1 Å². The smallest absolute Gasteiger partial charge is 0.325 e. The Hall–Kier alpha value is -2.11. The number of amidine groups is 2. The number of urea groups is 1. The van der Waals surface area contributed by atoms with Crippen molar-refractivity contribution in [3.63, 3.8) is 0 Å². The zero-order chi connectivity index (χ0) is 17.2. The van der Waals surface area contributed by atoms with Crippen LogP contribution in [0.25, 0.3) is 0 Å². The first-order chi connectivity index (χ1) is 10.8. The molecule has 0 radical (unpaired) electrons. The van der Waals surface area contributed by atoms with Gasteiger partial charge in [0.25, 0.3) is 11.8 Å². The zero-order valence-corrected chi connectivity index (χ0v) is 13.4. The molecule has 5 N–H and O–H groups in total. The number of aliphatic hydroxyl groups is 1. The second-order valence-corrected chi connectivity index (χ2v) is 5.57. The minimum absolute atomic E-state index is 0.0648. The summed E-state index contributed by atoms with van der Waals surface area (Å²) in [4.78, 5) is 40.5. The molecule has 0 aromatic rings. The van der Waals surface area contributed by atoms with E-state index < -0.39 is 23.8 Å². The van der Waals surface area contributed by atoms with Crippen LogP contribution >= 0.6 is 11.8 Å². The van der Waals surface area contributed by atoms with Gasteiger partial charge in [0, 0.05) is 0 Å². The molecule has 2 aliphatic heterocycles. The first kappa shape index (κ1) is 17.2. The van der Waals surface area contributed by atoms with Crippen molar-refractivity contribution in [2.75, 3.05) is 6.26 Å². The quantitative estimate of drug-likeness (QED) is 0.575. The molecule has 0 saturated heterocycles. The molecule has 0 spiro atoms. The van der Waals surface area contributed by atoms with Crippen LogP contribution in [0.1, 0.15) is 19.8 Å². The molecule has 0 bridgehead atoms. The number of carbonyl (C=O) groups excluding carboxylic acids is 2. The van der Waals surface area contributed by atoms with Gasteiger partial charge in [-0.25, -0.2) is 24.7 Å². The second kappa shape index (κ2) is 6.56. The normalized spacial score (nSPS) is 23.6. The number of hydrogen-bond donors (Lipinski definition) is 3. The molecule has 2 rings (SSSR count).